The highest BCUT2D eigenvalue weighted by Gasteiger charge is 1.98. The molecule has 0 unspecified atom stereocenters. The Bertz CT molecular complexity index is 245. The molecule has 0 aromatic rings. The van der Waals surface area contributed by atoms with Crippen molar-refractivity contribution in [2.24, 2.45) is 11.8 Å². The van der Waals surface area contributed by atoms with Crippen LogP contribution in [0.4, 0.5) is 0 Å². The summed E-state index contributed by atoms with van der Waals surface area (Å²) in [6, 6.07) is 0. The predicted molar refractivity (Wildman–Crippen MR) is 74.3 cm³/mol. The number of hydrogen-bond donors (Lipinski definition) is 0. The third kappa shape index (κ3) is 9.84. The van der Waals surface area contributed by atoms with Crippen LogP contribution < -0.4 is 0 Å². The maximum Gasteiger partial charge on any atom is 0.0174 e. The minimum atomic E-state index is 0.579. The fourth-order valence-electron chi connectivity index (χ4n) is 1.51. The first-order chi connectivity index (χ1) is 7.56. The van der Waals surface area contributed by atoms with Crippen molar-refractivity contribution < 1.29 is 0 Å². The van der Waals surface area contributed by atoms with Crippen molar-refractivity contribution >= 4 is 0 Å². The average molecular weight is 220 g/mol. The molecule has 92 valence electrons. The van der Waals surface area contributed by atoms with Crippen LogP contribution in [-0.4, -0.2) is 0 Å². The molecule has 0 aliphatic heterocycles. The molecule has 0 fully saturated rings. The summed E-state index contributed by atoms with van der Waals surface area (Å²) in [4.78, 5) is 0. The molecular weight excluding hydrogens is 192 g/mol. The second-order valence-electron chi connectivity index (χ2n) is 5.19. The lowest BCUT2D eigenvalue weighted by Crippen LogP contribution is -1.93. The quantitative estimate of drug-likeness (QED) is 0.426. The van der Waals surface area contributed by atoms with E-state index in [0.717, 1.165) is 6.42 Å². The lowest BCUT2D eigenvalue weighted by atomic mass is 10.0. The molecular formula is C16H28. The SMILES string of the molecule is CCCC[C@@H](C)C#CC[C@@H](C)CC=C(C)C. The Balaban J connectivity index is 3.77. The third-order valence-electron chi connectivity index (χ3n) is 2.72. The fraction of sp³-hybridized carbons (Fsp3) is 0.750. The largest absolute Gasteiger partial charge is 0.103 e. The molecule has 0 aromatic heterocycles. The van der Waals surface area contributed by atoms with Crippen molar-refractivity contribution in [2.45, 2.75) is 66.7 Å². The highest BCUT2D eigenvalue weighted by atomic mass is 14.0. The molecule has 0 aliphatic rings. The zero-order valence-electron chi connectivity index (χ0n) is 11.8. The molecule has 0 aliphatic carbocycles. The Labute approximate surface area is 103 Å². The minimum absolute atomic E-state index is 0.579. The van der Waals surface area contributed by atoms with Gasteiger partial charge in [0, 0.05) is 12.3 Å². The predicted octanol–water partition coefficient (Wildman–Crippen LogP) is 5.20. The molecule has 0 aromatic carbocycles. The molecule has 0 spiro atoms. The van der Waals surface area contributed by atoms with Crippen LogP contribution in [0.15, 0.2) is 11.6 Å². The van der Waals surface area contributed by atoms with Gasteiger partial charge in [0.25, 0.3) is 0 Å². The zero-order valence-corrected chi connectivity index (χ0v) is 11.8. The van der Waals surface area contributed by atoms with Crippen molar-refractivity contribution in [1.82, 2.24) is 0 Å². The second-order valence-corrected chi connectivity index (χ2v) is 5.19. The van der Waals surface area contributed by atoms with Gasteiger partial charge in [0.05, 0.1) is 0 Å². The topological polar surface area (TPSA) is 0 Å². The summed E-state index contributed by atoms with van der Waals surface area (Å²) in [5.74, 6) is 7.98. The lowest BCUT2D eigenvalue weighted by Gasteiger charge is -2.04. The Kier molecular flexibility index (Phi) is 9.10. The summed E-state index contributed by atoms with van der Waals surface area (Å²) in [5, 5.41) is 0. The summed E-state index contributed by atoms with van der Waals surface area (Å²) in [6.45, 7) is 11.1. The van der Waals surface area contributed by atoms with E-state index >= 15 is 0 Å². The first-order valence-electron chi connectivity index (χ1n) is 6.68. The van der Waals surface area contributed by atoms with Gasteiger partial charge in [0.1, 0.15) is 0 Å². The van der Waals surface area contributed by atoms with Crippen LogP contribution in [0, 0.1) is 23.7 Å². The highest BCUT2D eigenvalue weighted by molar-refractivity contribution is 5.04. The highest BCUT2D eigenvalue weighted by Crippen LogP contribution is 2.10. The maximum atomic E-state index is 3.37. The lowest BCUT2D eigenvalue weighted by molar-refractivity contribution is 0.600. The summed E-state index contributed by atoms with van der Waals surface area (Å²) in [6.07, 6.45) is 8.37. The number of unbranched alkanes of at least 4 members (excludes halogenated alkanes) is 1. The summed E-state index contributed by atoms with van der Waals surface area (Å²) >= 11 is 0. The van der Waals surface area contributed by atoms with Gasteiger partial charge in [0.2, 0.25) is 0 Å². The van der Waals surface area contributed by atoms with Crippen LogP contribution in [-0.2, 0) is 0 Å². The molecule has 0 bridgehead atoms. The normalized spacial score (nSPS) is 13.6. The molecule has 0 radical (unpaired) electrons. The standard InChI is InChI=1S/C16H28/c1-6-7-9-15(4)10-8-11-16(5)13-12-14(2)3/h12,15-16H,6-7,9,11,13H2,1-5H3/t15-,16-/m1/s1. The van der Waals surface area contributed by atoms with E-state index in [2.05, 4.69) is 52.5 Å². The van der Waals surface area contributed by atoms with Gasteiger partial charge in [-0.2, -0.15) is 0 Å². The minimum Gasteiger partial charge on any atom is -0.103 e. The molecule has 0 rings (SSSR count). The first kappa shape index (κ1) is 15.3. The second kappa shape index (κ2) is 9.52. The Morgan fingerprint density at radius 1 is 1.25 bits per heavy atom. The van der Waals surface area contributed by atoms with Crippen molar-refractivity contribution in [3.8, 4) is 11.8 Å². The van der Waals surface area contributed by atoms with E-state index in [9.17, 15) is 0 Å². The van der Waals surface area contributed by atoms with E-state index in [0.29, 0.717) is 11.8 Å². The molecule has 0 amide bonds. The van der Waals surface area contributed by atoms with Crippen molar-refractivity contribution in [3.63, 3.8) is 0 Å². The average Bonchev–Trinajstić information content (AvgIpc) is 2.23. The van der Waals surface area contributed by atoms with E-state index in [1.54, 1.807) is 0 Å². The Morgan fingerprint density at radius 3 is 2.50 bits per heavy atom. The van der Waals surface area contributed by atoms with Crippen LogP contribution >= 0.6 is 0 Å². The van der Waals surface area contributed by atoms with Gasteiger partial charge in [-0.3, -0.25) is 0 Å². The molecule has 0 heteroatoms. The smallest absolute Gasteiger partial charge is 0.0174 e. The van der Waals surface area contributed by atoms with Crippen LogP contribution in [0.5, 0.6) is 0 Å². The van der Waals surface area contributed by atoms with Crippen LogP contribution in [0.2, 0.25) is 0 Å². The van der Waals surface area contributed by atoms with Gasteiger partial charge >= 0.3 is 0 Å². The van der Waals surface area contributed by atoms with Gasteiger partial charge in [-0.05, 0) is 32.6 Å². The summed E-state index contributed by atoms with van der Waals surface area (Å²) in [7, 11) is 0. The fourth-order valence-corrected chi connectivity index (χ4v) is 1.51. The molecule has 16 heavy (non-hydrogen) atoms. The van der Waals surface area contributed by atoms with Gasteiger partial charge in [-0.1, -0.05) is 45.3 Å². The molecule has 0 heterocycles. The van der Waals surface area contributed by atoms with Crippen LogP contribution in [0.25, 0.3) is 0 Å². The van der Waals surface area contributed by atoms with Crippen molar-refractivity contribution in [2.75, 3.05) is 0 Å². The van der Waals surface area contributed by atoms with E-state index in [1.165, 1.54) is 31.3 Å². The maximum absolute atomic E-state index is 3.37. The molecule has 0 saturated carbocycles. The molecule has 0 nitrogen and oxygen atoms in total. The number of allylic oxidation sites excluding steroid dienone is 2. The zero-order chi connectivity index (χ0) is 12.4. The third-order valence-corrected chi connectivity index (χ3v) is 2.72. The molecule has 0 N–H and O–H groups in total. The number of hydrogen-bond acceptors (Lipinski definition) is 0. The van der Waals surface area contributed by atoms with E-state index in [1.807, 2.05) is 0 Å². The Hall–Kier alpha value is -0.700. The van der Waals surface area contributed by atoms with Crippen LogP contribution in [0.3, 0.4) is 0 Å². The van der Waals surface area contributed by atoms with Gasteiger partial charge < -0.3 is 0 Å². The Morgan fingerprint density at radius 2 is 1.94 bits per heavy atom. The summed E-state index contributed by atoms with van der Waals surface area (Å²) < 4.78 is 0. The van der Waals surface area contributed by atoms with Gasteiger partial charge in [-0.15, -0.1) is 11.8 Å². The van der Waals surface area contributed by atoms with Gasteiger partial charge in [0.15, 0.2) is 0 Å². The monoisotopic (exact) mass is 220 g/mol. The number of rotatable bonds is 6. The molecule has 0 saturated heterocycles. The van der Waals surface area contributed by atoms with Crippen LogP contribution in [0.1, 0.15) is 66.7 Å². The molecule has 2 atom stereocenters. The summed E-state index contributed by atoms with van der Waals surface area (Å²) in [5.41, 5.74) is 1.41. The van der Waals surface area contributed by atoms with E-state index in [-0.39, 0.29) is 0 Å². The van der Waals surface area contributed by atoms with E-state index in [4.69, 9.17) is 0 Å². The van der Waals surface area contributed by atoms with Crippen molar-refractivity contribution in [1.29, 1.82) is 0 Å². The van der Waals surface area contributed by atoms with Crippen molar-refractivity contribution in [3.05, 3.63) is 11.6 Å². The van der Waals surface area contributed by atoms with E-state index < -0.39 is 0 Å². The van der Waals surface area contributed by atoms with Gasteiger partial charge in [-0.25, -0.2) is 0 Å². The first-order valence-corrected chi connectivity index (χ1v) is 6.68.